The maximum atomic E-state index is 3.74. The average Bonchev–Trinajstić information content (AvgIpc) is 3.09. The van der Waals surface area contributed by atoms with E-state index in [0.717, 1.165) is 12.6 Å². The summed E-state index contributed by atoms with van der Waals surface area (Å²) in [5.74, 6) is 0. The van der Waals surface area contributed by atoms with Crippen molar-refractivity contribution in [1.29, 1.82) is 0 Å². The molecule has 0 spiro atoms. The molecule has 110 valence electrons. The Kier molecular flexibility index (Phi) is 3.80. The second kappa shape index (κ2) is 5.91. The molecule has 2 heterocycles. The summed E-state index contributed by atoms with van der Waals surface area (Å²) in [5, 5.41) is 6.02. The first-order valence-corrected chi connectivity index (χ1v) is 8.87. The summed E-state index contributed by atoms with van der Waals surface area (Å²) in [7, 11) is 0. The Morgan fingerprint density at radius 1 is 1.10 bits per heavy atom. The first-order chi connectivity index (χ1) is 10.4. The number of hydrogen-bond donors (Lipinski definition) is 1. The van der Waals surface area contributed by atoms with Gasteiger partial charge in [0.2, 0.25) is 0 Å². The van der Waals surface area contributed by atoms with E-state index in [-0.39, 0.29) is 0 Å². The fourth-order valence-corrected chi connectivity index (χ4v) is 4.07. The molecule has 21 heavy (non-hydrogen) atoms. The van der Waals surface area contributed by atoms with Gasteiger partial charge in [0, 0.05) is 36.6 Å². The fourth-order valence-electron chi connectivity index (χ4n) is 3.23. The Hall–Kier alpha value is -1.16. The molecule has 1 aliphatic heterocycles. The highest BCUT2D eigenvalue weighted by atomic mass is 32.1. The van der Waals surface area contributed by atoms with E-state index < -0.39 is 0 Å². The quantitative estimate of drug-likeness (QED) is 0.904. The van der Waals surface area contributed by atoms with Gasteiger partial charge in [-0.2, -0.15) is 0 Å². The van der Waals surface area contributed by atoms with Crippen LogP contribution in [0.3, 0.4) is 0 Å². The van der Waals surface area contributed by atoms with Gasteiger partial charge in [0.1, 0.15) is 0 Å². The lowest BCUT2D eigenvalue weighted by Gasteiger charge is -2.15. The Morgan fingerprint density at radius 3 is 2.76 bits per heavy atom. The lowest BCUT2D eigenvalue weighted by molar-refractivity contribution is 0.317. The Bertz CT molecular complexity index is 588. The molecule has 2 fully saturated rings. The summed E-state index contributed by atoms with van der Waals surface area (Å²) in [5.41, 5.74) is 2.67. The molecule has 0 radical (unpaired) electrons. The number of nitrogens with zero attached hydrogens (tertiary/aromatic N) is 1. The molecule has 1 saturated heterocycles. The third-order valence-electron chi connectivity index (χ3n) is 4.61. The number of benzene rings is 1. The molecule has 1 N–H and O–H groups in total. The molecule has 0 amide bonds. The van der Waals surface area contributed by atoms with Gasteiger partial charge in [-0.3, -0.25) is 4.90 Å². The van der Waals surface area contributed by atoms with Crippen LogP contribution < -0.4 is 5.32 Å². The number of thiophene rings is 1. The van der Waals surface area contributed by atoms with Crippen LogP contribution in [-0.4, -0.2) is 30.1 Å². The van der Waals surface area contributed by atoms with Gasteiger partial charge in [-0.25, -0.2) is 0 Å². The summed E-state index contributed by atoms with van der Waals surface area (Å²) in [6, 6.07) is 14.6. The first kappa shape index (κ1) is 13.5. The van der Waals surface area contributed by atoms with Gasteiger partial charge in [-0.1, -0.05) is 30.3 Å². The van der Waals surface area contributed by atoms with E-state index in [1.807, 2.05) is 11.3 Å². The first-order valence-electron chi connectivity index (χ1n) is 7.99. The second-order valence-corrected chi connectivity index (χ2v) is 7.26. The highest BCUT2D eigenvalue weighted by Gasteiger charge is 2.34. The van der Waals surface area contributed by atoms with Crippen LogP contribution in [0.15, 0.2) is 41.8 Å². The summed E-state index contributed by atoms with van der Waals surface area (Å²) >= 11 is 1.87. The van der Waals surface area contributed by atoms with Gasteiger partial charge in [0.05, 0.1) is 0 Å². The molecule has 2 aromatic rings. The maximum absolute atomic E-state index is 3.74. The molecular weight excluding hydrogens is 276 g/mol. The summed E-state index contributed by atoms with van der Waals surface area (Å²) in [6.07, 6.45) is 4.17. The Labute approximate surface area is 130 Å². The van der Waals surface area contributed by atoms with Crippen molar-refractivity contribution in [3.63, 3.8) is 0 Å². The van der Waals surface area contributed by atoms with E-state index >= 15 is 0 Å². The highest BCUT2D eigenvalue weighted by Crippen LogP contribution is 2.30. The Morgan fingerprint density at radius 2 is 1.95 bits per heavy atom. The van der Waals surface area contributed by atoms with Crippen LogP contribution in [0.1, 0.15) is 24.1 Å². The smallest absolute Gasteiger partial charge is 0.0303 e. The van der Waals surface area contributed by atoms with Crippen LogP contribution in [0.25, 0.3) is 11.1 Å². The molecule has 1 saturated carbocycles. The van der Waals surface area contributed by atoms with Crippen LogP contribution in [0.2, 0.25) is 0 Å². The standard InChI is InChI=1S/C18H22N2S/c1-2-4-14(5-3-1)15-10-18(21-13-15)11-19-16-8-9-20(12-16)17-6-7-17/h1-5,10,13,16-17,19H,6-9,11-12H2/t16-/m1/s1. The second-order valence-electron chi connectivity index (χ2n) is 6.26. The Balaban J connectivity index is 1.32. The minimum absolute atomic E-state index is 0.688. The van der Waals surface area contributed by atoms with Crippen molar-refractivity contribution in [2.45, 2.75) is 37.9 Å². The molecule has 3 heteroatoms. The maximum Gasteiger partial charge on any atom is 0.0303 e. The van der Waals surface area contributed by atoms with Crippen molar-refractivity contribution in [1.82, 2.24) is 10.2 Å². The molecule has 1 atom stereocenters. The summed E-state index contributed by atoms with van der Waals surface area (Å²) < 4.78 is 0. The van der Waals surface area contributed by atoms with Gasteiger partial charge in [0.15, 0.2) is 0 Å². The minimum atomic E-state index is 0.688. The van der Waals surface area contributed by atoms with E-state index in [9.17, 15) is 0 Å². The van der Waals surface area contributed by atoms with Crippen molar-refractivity contribution in [2.24, 2.45) is 0 Å². The van der Waals surface area contributed by atoms with Crippen LogP contribution in [0.5, 0.6) is 0 Å². The summed E-state index contributed by atoms with van der Waals surface area (Å²) in [6.45, 7) is 3.56. The van der Waals surface area contributed by atoms with E-state index in [1.165, 1.54) is 48.4 Å². The fraction of sp³-hybridized carbons (Fsp3) is 0.444. The van der Waals surface area contributed by atoms with Crippen LogP contribution in [-0.2, 0) is 6.54 Å². The van der Waals surface area contributed by atoms with Gasteiger partial charge >= 0.3 is 0 Å². The predicted octanol–water partition coefficient (Wildman–Crippen LogP) is 3.74. The van der Waals surface area contributed by atoms with E-state index in [0.29, 0.717) is 6.04 Å². The predicted molar refractivity (Wildman–Crippen MR) is 89.6 cm³/mol. The van der Waals surface area contributed by atoms with Crippen LogP contribution in [0.4, 0.5) is 0 Å². The van der Waals surface area contributed by atoms with Crippen molar-refractivity contribution < 1.29 is 0 Å². The van der Waals surface area contributed by atoms with E-state index in [1.54, 1.807) is 0 Å². The number of rotatable bonds is 5. The van der Waals surface area contributed by atoms with E-state index in [4.69, 9.17) is 0 Å². The van der Waals surface area contributed by atoms with Crippen molar-refractivity contribution in [2.75, 3.05) is 13.1 Å². The SMILES string of the molecule is c1ccc(-c2csc(CN[C@@H]3CCN(C4CC4)C3)c2)cc1. The normalized spacial score (nSPS) is 22.8. The van der Waals surface area contributed by atoms with Crippen LogP contribution >= 0.6 is 11.3 Å². The van der Waals surface area contributed by atoms with Gasteiger partial charge in [0.25, 0.3) is 0 Å². The minimum Gasteiger partial charge on any atom is -0.308 e. The molecule has 1 aromatic heterocycles. The van der Waals surface area contributed by atoms with Crippen molar-refractivity contribution >= 4 is 11.3 Å². The molecular formula is C18H22N2S. The molecule has 0 bridgehead atoms. The number of nitrogens with one attached hydrogen (secondary N) is 1. The third kappa shape index (κ3) is 3.20. The lowest BCUT2D eigenvalue weighted by Crippen LogP contribution is -2.32. The van der Waals surface area contributed by atoms with Gasteiger partial charge in [-0.05, 0) is 41.8 Å². The number of likely N-dealkylation sites (tertiary alicyclic amines) is 1. The van der Waals surface area contributed by atoms with E-state index in [2.05, 4.69) is 52.0 Å². The zero-order chi connectivity index (χ0) is 14.1. The molecule has 4 rings (SSSR count). The molecule has 1 aromatic carbocycles. The topological polar surface area (TPSA) is 15.3 Å². The van der Waals surface area contributed by atoms with Crippen molar-refractivity contribution in [3.8, 4) is 11.1 Å². The van der Waals surface area contributed by atoms with Gasteiger partial charge < -0.3 is 5.32 Å². The monoisotopic (exact) mass is 298 g/mol. The third-order valence-corrected chi connectivity index (χ3v) is 5.55. The molecule has 1 aliphatic carbocycles. The largest absolute Gasteiger partial charge is 0.308 e. The average molecular weight is 298 g/mol. The number of hydrogen-bond acceptors (Lipinski definition) is 3. The highest BCUT2D eigenvalue weighted by molar-refractivity contribution is 7.10. The van der Waals surface area contributed by atoms with Crippen LogP contribution in [0, 0.1) is 0 Å². The molecule has 0 unspecified atom stereocenters. The lowest BCUT2D eigenvalue weighted by atomic mass is 10.1. The molecule has 2 aliphatic rings. The van der Waals surface area contributed by atoms with Gasteiger partial charge in [-0.15, -0.1) is 11.3 Å². The summed E-state index contributed by atoms with van der Waals surface area (Å²) in [4.78, 5) is 4.11. The van der Waals surface area contributed by atoms with Crippen molar-refractivity contribution in [3.05, 3.63) is 46.7 Å². The molecule has 2 nitrogen and oxygen atoms in total. The zero-order valence-electron chi connectivity index (χ0n) is 12.3. The zero-order valence-corrected chi connectivity index (χ0v) is 13.1.